The Labute approximate surface area is 177 Å². The van der Waals surface area contributed by atoms with E-state index in [9.17, 15) is 4.79 Å². The highest BCUT2D eigenvalue weighted by molar-refractivity contribution is 6.10. The van der Waals surface area contributed by atoms with E-state index in [1.54, 1.807) is 0 Å². The predicted molar refractivity (Wildman–Crippen MR) is 121 cm³/mol. The Morgan fingerprint density at radius 3 is 1.80 bits per heavy atom. The number of amides is 1. The second-order valence-corrected chi connectivity index (χ2v) is 7.83. The molecule has 1 aliphatic rings. The molecular formula is C28H23NO. The Bertz CT molecular complexity index is 1150. The van der Waals surface area contributed by atoms with Crippen molar-refractivity contribution in [2.75, 3.05) is 4.90 Å². The average molecular weight is 389 g/mol. The molecule has 0 saturated carbocycles. The third-order valence-electron chi connectivity index (χ3n) is 6.03. The molecule has 5 rings (SSSR count). The summed E-state index contributed by atoms with van der Waals surface area (Å²) in [6.07, 6.45) is 0.638. The van der Waals surface area contributed by atoms with E-state index in [1.165, 1.54) is 0 Å². The van der Waals surface area contributed by atoms with Crippen LogP contribution in [0.3, 0.4) is 0 Å². The number of fused-ring (bicyclic) bond motifs is 1. The van der Waals surface area contributed by atoms with E-state index in [2.05, 4.69) is 48.5 Å². The summed E-state index contributed by atoms with van der Waals surface area (Å²) < 4.78 is 0. The van der Waals surface area contributed by atoms with Crippen molar-refractivity contribution < 1.29 is 4.79 Å². The molecule has 146 valence electrons. The molecular weight excluding hydrogens is 366 g/mol. The van der Waals surface area contributed by atoms with Crippen molar-refractivity contribution in [2.24, 2.45) is 0 Å². The van der Waals surface area contributed by atoms with Gasteiger partial charge in [0.25, 0.3) is 0 Å². The van der Waals surface area contributed by atoms with Crippen molar-refractivity contribution in [1.29, 1.82) is 0 Å². The fourth-order valence-corrected chi connectivity index (χ4v) is 4.62. The first-order valence-corrected chi connectivity index (χ1v) is 10.3. The minimum absolute atomic E-state index is 0.141. The molecule has 1 atom stereocenters. The van der Waals surface area contributed by atoms with Crippen LogP contribution in [0.1, 0.15) is 22.3 Å². The first kappa shape index (κ1) is 18.4. The molecule has 4 aromatic carbocycles. The first-order chi connectivity index (χ1) is 14.8. The van der Waals surface area contributed by atoms with Crippen LogP contribution in [0.15, 0.2) is 115 Å². The van der Waals surface area contributed by atoms with E-state index in [1.807, 2.05) is 71.6 Å². The molecule has 0 radical (unpaired) electrons. The van der Waals surface area contributed by atoms with E-state index in [0.717, 1.165) is 27.9 Å². The Morgan fingerprint density at radius 1 is 0.600 bits per heavy atom. The highest BCUT2D eigenvalue weighted by Crippen LogP contribution is 2.48. The molecule has 0 bridgehead atoms. The Hall–Kier alpha value is -3.65. The van der Waals surface area contributed by atoms with Gasteiger partial charge in [0.05, 0.1) is 6.54 Å². The SMILES string of the molecule is O=C1N(Cc2ccccc2)c2ccccc2C1(Cc1ccccc1)c1ccccc1. The summed E-state index contributed by atoms with van der Waals surface area (Å²) in [6, 6.07) is 39.0. The maximum atomic E-state index is 14.2. The quantitative estimate of drug-likeness (QED) is 0.425. The fraction of sp³-hybridized carbons (Fsp3) is 0.107. The molecule has 1 amide bonds. The van der Waals surface area contributed by atoms with Gasteiger partial charge in [-0.25, -0.2) is 0 Å². The van der Waals surface area contributed by atoms with Crippen molar-refractivity contribution in [3.05, 3.63) is 138 Å². The normalized spacial score (nSPS) is 17.7. The second-order valence-electron chi connectivity index (χ2n) is 7.83. The van der Waals surface area contributed by atoms with Gasteiger partial charge in [-0.2, -0.15) is 0 Å². The van der Waals surface area contributed by atoms with Gasteiger partial charge in [-0.05, 0) is 34.7 Å². The van der Waals surface area contributed by atoms with Gasteiger partial charge >= 0.3 is 0 Å². The smallest absolute Gasteiger partial charge is 0.242 e. The van der Waals surface area contributed by atoms with Crippen LogP contribution in [0.5, 0.6) is 0 Å². The third-order valence-corrected chi connectivity index (χ3v) is 6.03. The van der Waals surface area contributed by atoms with Crippen LogP contribution in [-0.4, -0.2) is 5.91 Å². The van der Waals surface area contributed by atoms with E-state index < -0.39 is 5.41 Å². The molecule has 1 heterocycles. The van der Waals surface area contributed by atoms with Crippen LogP contribution < -0.4 is 4.90 Å². The monoisotopic (exact) mass is 389 g/mol. The van der Waals surface area contributed by atoms with Crippen LogP contribution in [-0.2, 0) is 23.2 Å². The molecule has 1 aliphatic heterocycles. The zero-order valence-electron chi connectivity index (χ0n) is 16.7. The summed E-state index contributed by atoms with van der Waals surface area (Å²) in [7, 11) is 0. The molecule has 0 N–H and O–H groups in total. The highest BCUT2D eigenvalue weighted by Gasteiger charge is 2.51. The van der Waals surface area contributed by atoms with Crippen molar-refractivity contribution in [3.63, 3.8) is 0 Å². The number of hydrogen-bond donors (Lipinski definition) is 0. The molecule has 0 spiro atoms. The maximum absolute atomic E-state index is 14.2. The van der Waals surface area contributed by atoms with Crippen LogP contribution in [0.25, 0.3) is 0 Å². The summed E-state index contributed by atoms with van der Waals surface area (Å²) >= 11 is 0. The van der Waals surface area contributed by atoms with Crippen LogP contribution >= 0.6 is 0 Å². The van der Waals surface area contributed by atoms with Crippen LogP contribution in [0.2, 0.25) is 0 Å². The van der Waals surface area contributed by atoms with Gasteiger partial charge in [-0.15, -0.1) is 0 Å². The molecule has 1 unspecified atom stereocenters. The van der Waals surface area contributed by atoms with Crippen LogP contribution in [0, 0.1) is 0 Å². The molecule has 0 fully saturated rings. The summed E-state index contributed by atoms with van der Waals surface area (Å²) in [5.74, 6) is 0.141. The zero-order valence-corrected chi connectivity index (χ0v) is 16.7. The van der Waals surface area contributed by atoms with E-state index in [-0.39, 0.29) is 5.91 Å². The molecule has 0 aliphatic carbocycles. The number of carbonyl (C=O) groups excluding carboxylic acids is 1. The van der Waals surface area contributed by atoms with E-state index in [4.69, 9.17) is 0 Å². The lowest BCUT2D eigenvalue weighted by molar-refractivity contribution is -0.122. The van der Waals surface area contributed by atoms with Crippen molar-refractivity contribution in [1.82, 2.24) is 0 Å². The van der Waals surface area contributed by atoms with E-state index in [0.29, 0.717) is 13.0 Å². The van der Waals surface area contributed by atoms with E-state index >= 15 is 0 Å². The highest BCUT2D eigenvalue weighted by atomic mass is 16.2. The summed E-state index contributed by atoms with van der Waals surface area (Å²) in [5.41, 5.74) is 4.69. The summed E-state index contributed by atoms with van der Waals surface area (Å²) in [4.78, 5) is 16.2. The van der Waals surface area contributed by atoms with Gasteiger partial charge in [0, 0.05) is 5.69 Å². The van der Waals surface area contributed by atoms with Crippen LogP contribution in [0.4, 0.5) is 5.69 Å². The lowest BCUT2D eigenvalue weighted by atomic mass is 9.71. The van der Waals surface area contributed by atoms with Gasteiger partial charge in [-0.1, -0.05) is 109 Å². The molecule has 4 aromatic rings. The minimum Gasteiger partial charge on any atom is -0.307 e. The van der Waals surface area contributed by atoms with Gasteiger partial charge in [0.15, 0.2) is 0 Å². The predicted octanol–water partition coefficient (Wildman–Crippen LogP) is 5.76. The fourth-order valence-electron chi connectivity index (χ4n) is 4.62. The van der Waals surface area contributed by atoms with Gasteiger partial charge in [-0.3, -0.25) is 4.79 Å². The molecule has 0 aromatic heterocycles. The summed E-state index contributed by atoms with van der Waals surface area (Å²) in [5, 5.41) is 0. The van der Waals surface area contributed by atoms with Crippen molar-refractivity contribution >= 4 is 11.6 Å². The van der Waals surface area contributed by atoms with Crippen molar-refractivity contribution in [2.45, 2.75) is 18.4 Å². The number of hydrogen-bond acceptors (Lipinski definition) is 1. The standard InChI is InChI=1S/C28H23NO/c30-27-28(24-16-8-3-9-17-24,20-22-12-4-1-5-13-22)25-18-10-11-19-26(25)29(27)21-23-14-6-2-7-15-23/h1-19H,20-21H2. The number of anilines is 1. The topological polar surface area (TPSA) is 20.3 Å². The Kier molecular flexibility index (Phi) is 4.68. The van der Waals surface area contributed by atoms with Crippen molar-refractivity contribution in [3.8, 4) is 0 Å². The van der Waals surface area contributed by atoms with Gasteiger partial charge < -0.3 is 4.90 Å². The maximum Gasteiger partial charge on any atom is 0.242 e. The van der Waals surface area contributed by atoms with Gasteiger partial charge in [0.1, 0.15) is 5.41 Å². The number of rotatable bonds is 5. The number of benzene rings is 4. The molecule has 2 nitrogen and oxygen atoms in total. The number of carbonyl (C=O) groups is 1. The summed E-state index contributed by atoms with van der Waals surface area (Å²) in [6.45, 7) is 0.570. The molecule has 0 saturated heterocycles. The Balaban J connectivity index is 1.69. The zero-order chi connectivity index (χ0) is 20.4. The third kappa shape index (κ3) is 3.02. The second kappa shape index (κ2) is 7.64. The minimum atomic E-state index is -0.728. The number of nitrogens with zero attached hydrogens (tertiary/aromatic N) is 1. The number of para-hydroxylation sites is 1. The Morgan fingerprint density at radius 2 is 1.13 bits per heavy atom. The van der Waals surface area contributed by atoms with Gasteiger partial charge in [0.2, 0.25) is 5.91 Å². The largest absolute Gasteiger partial charge is 0.307 e. The molecule has 2 heteroatoms. The lowest BCUT2D eigenvalue weighted by Gasteiger charge is -2.30. The average Bonchev–Trinajstić information content (AvgIpc) is 3.05. The first-order valence-electron chi connectivity index (χ1n) is 10.3. The lowest BCUT2D eigenvalue weighted by Crippen LogP contribution is -2.42. The molecule has 30 heavy (non-hydrogen) atoms.